The number of thiol groups is 2. The van der Waals surface area contributed by atoms with E-state index in [9.17, 15) is 0 Å². The number of benzene rings is 1. The number of carbonyl (C=O) groups excluding carboxylic acids is 2. The molecule has 6 heteroatoms. The summed E-state index contributed by atoms with van der Waals surface area (Å²) in [5, 5.41) is 10.8. The predicted molar refractivity (Wildman–Crippen MR) is 73.7 cm³/mol. The Morgan fingerprint density at radius 2 is 1.35 bits per heavy atom. The molecule has 17 heavy (non-hydrogen) atoms. The number of isocyanates is 2. The average molecular weight is 270 g/mol. The van der Waals surface area contributed by atoms with Crippen LogP contribution in [0, 0.1) is 10.8 Å². The Morgan fingerprint density at radius 3 is 1.65 bits per heavy atom. The van der Waals surface area contributed by atoms with Gasteiger partial charge in [0.2, 0.25) is 12.2 Å². The van der Waals surface area contributed by atoms with E-state index in [-0.39, 0.29) is 0 Å². The largest absolute Gasteiger partial charge is 0.231 e. The molecule has 2 N–H and O–H groups in total. The first-order chi connectivity index (χ1) is 8.21. The van der Waals surface area contributed by atoms with Gasteiger partial charge in [-0.15, -0.1) is 0 Å². The SMILES string of the molecule is N=C=O.N=C=O.SCC(CS)c1ccccc1. The molecule has 1 rings (SSSR count). The van der Waals surface area contributed by atoms with Crippen molar-refractivity contribution in [2.24, 2.45) is 0 Å². The molecule has 0 saturated carbocycles. The zero-order valence-corrected chi connectivity index (χ0v) is 10.9. The molecule has 0 heterocycles. The van der Waals surface area contributed by atoms with Crippen molar-refractivity contribution in [1.29, 1.82) is 10.8 Å². The lowest BCUT2D eigenvalue weighted by Gasteiger charge is -2.10. The van der Waals surface area contributed by atoms with E-state index in [1.54, 1.807) is 0 Å². The Labute approximate surface area is 111 Å². The van der Waals surface area contributed by atoms with Crippen LogP contribution in [0.5, 0.6) is 0 Å². The molecule has 1 aromatic carbocycles. The molecule has 0 radical (unpaired) electrons. The summed E-state index contributed by atoms with van der Waals surface area (Å²) < 4.78 is 0. The third-order valence-corrected chi connectivity index (χ3v) is 2.59. The van der Waals surface area contributed by atoms with Crippen molar-refractivity contribution in [2.45, 2.75) is 5.92 Å². The Balaban J connectivity index is 0. The van der Waals surface area contributed by atoms with E-state index in [1.807, 2.05) is 6.07 Å². The summed E-state index contributed by atoms with van der Waals surface area (Å²) in [5.74, 6) is 2.23. The molecule has 0 aliphatic rings. The van der Waals surface area contributed by atoms with Gasteiger partial charge < -0.3 is 0 Å². The van der Waals surface area contributed by atoms with Gasteiger partial charge in [0, 0.05) is 5.92 Å². The van der Waals surface area contributed by atoms with Crippen molar-refractivity contribution < 1.29 is 9.59 Å². The molecule has 0 aliphatic heterocycles. The summed E-state index contributed by atoms with van der Waals surface area (Å²) in [7, 11) is 0. The van der Waals surface area contributed by atoms with Crippen LogP contribution in [0.3, 0.4) is 0 Å². The quantitative estimate of drug-likeness (QED) is 0.386. The number of hydrogen-bond acceptors (Lipinski definition) is 6. The molecule has 0 unspecified atom stereocenters. The first-order valence-electron chi connectivity index (χ1n) is 4.56. The molecule has 0 amide bonds. The van der Waals surface area contributed by atoms with Crippen molar-refractivity contribution in [3.05, 3.63) is 35.9 Å². The molecule has 0 fully saturated rings. The lowest BCUT2D eigenvalue weighted by atomic mass is 10.0. The van der Waals surface area contributed by atoms with E-state index < -0.39 is 0 Å². The summed E-state index contributed by atoms with van der Waals surface area (Å²) in [6, 6.07) is 10.4. The van der Waals surface area contributed by atoms with Gasteiger partial charge in [0.15, 0.2) is 0 Å². The van der Waals surface area contributed by atoms with Crippen molar-refractivity contribution >= 4 is 37.4 Å². The summed E-state index contributed by atoms with van der Waals surface area (Å²) >= 11 is 8.52. The van der Waals surface area contributed by atoms with Crippen molar-refractivity contribution in [3.63, 3.8) is 0 Å². The Hall–Kier alpha value is -1.32. The van der Waals surface area contributed by atoms with E-state index >= 15 is 0 Å². The fraction of sp³-hybridized carbons (Fsp3) is 0.273. The summed E-state index contributed by atoms with van der Waals surface area (Å²) in [6.45, 7) is 0. The van der Waals surface area contributed by atoms with E-state index in [2.05, 4.69) is 49.5 Å². The van der Waals surface area contributed by atoms with Crippen LogP contribution in [0.25, 0.3) is 0 Å². The maximum absolute atomic E-state index is 8.35. The molecule has 92 valence electrons. The molecule has 0 spiro atoms. The minimum atomic E-state index is 0.489. The molecule has 0 aliphatic carbocycles. The zero-order chi connectivity index (χ0) is 13.5. The Kier molecular flexibility index (Phi) is 15.6. The highest BCUT2D eigenvalue weighted by molar-refractivity contribution is 7.81. The molecule has 0 saturated heterocycles. The fourth-order valence-electron chi connectivity index (χ4n) is 0.994. The second kappa shape index (κ2) is 14.7. The first-order valence-corrected chi connectivity index (χ1v) is 5.82. The maximum atomic E-state index is 8.35. The summed E-state index contributed by atoms with van der Waals surface area (Å²) in [4.78, 5) is 16.7. The minimum Gasteiger partial charge on any atom is -0.222 e. The number of nitrogens with one attached hydrogen (secondary N) is 2. The highest BCUT2D eigenvalue weighted by Gasteiger charge is 2.05. The van der Waals surface area contributed by atoms with Crippen molar-refractivity contribution in [1.82, 2.24) is 0 Å². The second-order valence-electron chi connectivity index (χ2n) is 2.68. The third-order valence-electron chi connectivity index (χ3n) is 1.71. The van der Waals surface area contributed by atoms with Crippen molar-refractivity contribution in [3.8, 4) is 0 Å². The summed E-state index contributed by atoms with van der Waals surface area (Å²) in [5.41, 5.74) is 1.33. The zero-order valence-electron chi connectivity index (χ0n) is 9.09. The van der Waals surface area contributed by atoms with Crippen LogP contribution in [0.1, 0.15) is 11.5 Å². The van der Waals surface area contributed by atoms with Crippen LogP contribution in [0.2, 0.25) is 0 Å². The van der Waals surface area contributed by atoms with Crippen LogP contribution < -0.4 is 0 Å². The summed E-state index contributed by atoms with van der Waals surface area (Å²) in [6.07, 6.45) is 1.50. The molecule has 4 nitrogen and oxygen atoms in total. The van der Waals surface area contributed by atoms with Gasteiger partial charge in [-0.3, -0.25) is 0 Å². The Morgan fingerprint density at radius 1 is 1.00 bits per heavy atom. The lowest BCUT2D eigenvalue weighted by molar-refractivity contribution is 0.562. The molecule has 1 aromatic rings. The van der Waals surface area contributed by atoms with Gasteiger partial charge in [0.05, 0.1) is 0 Å². The van der Waals surface area contributed by atoms with Crippen LogP contribution in [-0.4, -0.2) is 23.7 Å². The van der Waals surface area contributed by atoms with Gasteiger partial charge in [-0.1, -0.05) is 30.3 Å². The van der Waals surface area contributed by atoms with Gasteiger partial charge in [0.1, 0.15) is 0 Å². The maximum Gasteiger partial charge on any atom is 0.231 e. The van der Waals surface area contributed by atoms with E-state index in [1.165, 1.54) is 5.56 Å². The average Bonchev–Trinajstić information content (AvgIpc) is 2.34. The Bertz CT molecular complexity index is 330. The molecule has 0 atom stereocenters. The third kappa shape index (κ3) is 11.0. The van der Waals surface area contributed by atoms with E-state index in [4.69, 9.17) is 20.4 Å². The number of rotatable bonds is 3. The van der Waals surface area contributed by atoms with Crippen LogP contribution in [0.4, 0.5) is 0 Å². The van der Waals surface area contributed by atoms with Crippen LogP contribution in [-0.2, 0) is 9.59 Å². The highest BCUT2D eigenvalue weighted by Crippen LogP contribution is 2.17. The minimum absolute atomic E-state index is 0.489. The first kappa shape index (κ1) is 18.1. The van der Waals surface area contributed by atoms with Gasteiger partial charge >= 0.3 is 0 Å². The van der Waals surface area contributed by atoms with Crippen molar-refractivity contribution in [2.75, 3.05) is 11.5 Å². The second-order valence-corrected chi connectivity index (χ2v) is 3.41. The van der Waals surface area contributed by atoms with Gasteiger partial charge in [-0.25, -0.2) is 20.4 Å². The smallest absolute Gasteiger partial charge is 0.222 e. The van der Waals surface area contributed by atoms with Gasteiger partial charge in [-0.2, -0.15) is 25.3 Å². The lowest BCUT2D eigenvalue weighted by Crippen LogP contribution is -2.01. The fourth-order valence-corrected chi connectivity index (χ4v) is 1.88. The molecule has 0 aromatic heterocycles. The molecular weight excluding hydrogens is 256 g/mol. The highest BCUT2D eigenvalue weighted by atomic mass is 32.1. The van der Waals surface area contributed by atoms with E-state index in [0.29, 0.717) is 5.92 Å². The monoisotopic (exact) mass is 270 g/mol. The topological polar surface area (TPSA) is 81.8 Å². The molecule has 0 bridgehead atoms. The molecular formula is C11H14N2O2S2. The van der Waals surface area contributed by atoms with Crippen LogP contribution in [0.15, 0.2) is 30.3 Å². The normalized spacial score (nSPS) is 7.71. The van der Waals surface area contributed by atoms with Gasteiger partial charge in [0.25, 0.3) is 0 Å². The standard InChI is InChI=1S/C9H12S2.2CHNO/c10-6-9(7-11)8-4-2-1-3-5-8;2*2-1-3/h1-5,9-11H,6-7H2;2*2H. The van der Waals surface area contributed by atoms with Crippen LogP contribution >= 0.6 is 25.3 Å². The number of hydrogen-bond donors (Lipinski definition) is 4. The van der Waals surface area contributed by atoms with Gasteiger partial charge in [-0.05, 0) is 17.1 Å². The predicted octanol–water partition coefficient (Wildman–Crippen LogP) is 2.43. The van der Waals surface area contributed by atoms with E-state index in [0.717, 1.165) is 23.7 Å².